The van der Waals surface area contributed by atoms with Gasteiger partial charge in [0.25, 0.3) is 0 Å². The van der Waals surface area contributed by atoms with Crippen molar-refractivity contribution in [3.63, 3.8) is 0 Å². The molecule has 1 aromatic rings. The van der Waals surface area contributed by atoms with Crippen LogP contribution in [0.3, 0.4) is 0 Å². The van der Waals surface area contributed by atoms with Crippen molar-refractivity contribution in [1.29, 1.82) is 0 Å². The van der Waals surface area contributed by atoms with Gasteiger partial charge in [-0.25, -0.2) is 4.98 Å². The quantitative estimate of drug-likeness (QED) is 0.788. The summed E-state index contributed by atoms with van der Waals surface area (Å²) in [6.07, 6.45) is 3.21. The molecule has 1 aliphatic rings. The number of amides is 1. The minimum atomic E-state index is -0.0335. The van der Waals surface area contributed by atoms with Gasteiger partial charge in [0.2, 0.25) is 5.91 Å². The van der Waals surface area contributed by atoms with Gasteiger partial charge < -0.3 is 10.2 Å². The Balaban J connectivity index is 1.90. The summed E-state index contributed by atoms with van der Waals surface area (Å²) < 4.78 is 0. The molecular weight excluding hydrogens is 218 g/mol. The largest absolute Gasteiger partial charge is 0.337 e. The zero-order valence-electron chi connectivity index (χ0n) is 10.4. The molecule has 0 spiro atoms. The molecule has 0 bridgehead atoms. The monoisotopic (exact) mass is 237 g/mol. The number of carbonyl (C=O) groups excluding carboxylic acids is 1. The zero-order valence-corrected chi connectivity index (χ0v) is 10.4. The van der Waals surface area contributed by atoms with Gasteiger partial charge in [-0.3, -0.25) is 9.89 Å². The maximum Gasteiger partial charge on any atom is 0.239 e. The van der Waals surface area contributed by atoms with Crippen LogP contribution in [0.1, 0.15) is 30.9 Å². The normalized spacial score (nSPS) is 20.2. The summed E-state index contributed by atoms with van der Waals surface area (Å²) in [5, 5.41) is 10.1. The van der Waals surface area contributed by atoms with Crippen molar-refractivity contribution < 1.29 is 4.79 Å². The predicted molar refractivity (Wildman–Crippen MR) is 63.2 cm³/mol. The lowest BCUT2D eigenvalue weighted by atomic mass is 10.0. The molecule has 6 nitrogen and oxygen atoms in total. The van der Waals surface area contributed by atoms with Gasteiger partial charge in [-0.1, -0.05) is 6.42 Å². The van der Waals surface area contributed by atoms with Crippen LogP contribution in [0.25, 0.3) is 0 Å². The van der Waals surface area contributed by atoms with E-state index >= 15 is 0 Å². The fraction of sp³-hybridized carbons (Fsp3) is 0.727. The Morgan fingerprint density at radius 1 is 1.53 bits per heavy atom. The van der Waals surface area contributed by atoms with E-state index in [2.05, 4.69) is 20.5 Å². The third-order valence-corrected chi connectivity index (χ3v) is 3.01. The summed E-state index contributed by atoms with van der Waals surface area (Å²) in [6.45, 7) is 3.24. The number of likely N-dealkylation sites (N-methyl/N-ethyl adjacent to an activating group) is 1. The first kappa shape index (κ1) is 12.0. The van der Waals surface area contributed by atoms with Gasteiger partial charge in [0, 0.05) is 7.05 Å². The molecular formula is C11H19N5O. The van der Waals surface area contributed by atoms with Crippen molar-refractivity contribution >= 4 is 5.91 Å². The highest BCUT2D eigenvalue weighted by atomic mass is 16.2. The molecule has 94 valence electrons. The first-order chi connectivity index (χ1) is 8.16. The lowest BCUT2D eigenvalue weighted by Crippen LogP contribution is -2.47. The average molecular weight is 237 g/mol. The number of aryl methyl sites for hydroxylation is 1. The second kappa shape index (κ2) is 5.27. The van der Waals surface area contributed by atoms with E-state index in [1.807, 2.05) is 6.92 Å². The van der Waals surface area contributed by atoms with Gasteiger partial charge in [-0.15, -0.1) is 0 Å². The number of aromatic nitrogens is 3. The van der Waals surface area contributed by atoms with Crippen molar-refractivity contribution in [3.8, 4) is 0 Å². The van der Waals surface area contributed by atoms with E-state index < -0.39 is 0 Å². The van der Waals surface area contributed by atoms with Gasteiger partial charge in [0.05, 0.1) is 12.6 Å². The van der Waals surface area contributed by atoms with E-state index in [-0.39, 0.29) is 11.9 Å². The third-order valence-electron chi connectivity index (χ3n) is 3.01. The molecule has 2 rings (SSSR count). The Bertz CT molecular complexity index is 383. The van der Waals surface area contributed by atoms with Gasteiger partial charge in [-0.05, 0) is 26.3 Å². The summed E-state index contributed by atoms with van der Waals surface area (Å²) in [5.41, 5.74) is 0. The summed E-state index contributed by atoms with van der Waals surface area (Å²) in [6, 6.07) is -0.0335. The van der Waals surface area contributed by atoms with E-state index in [1.165, 1.54) is 0 Å². The van der Waals surface area contributed by atoms with Gasteiger partial charge in [-0.2, -0.15) is 5.10 Å². The van der Waals surface area contributed by atoms with Gasteiger partial charge in [0.1, 0.15) is 5.82 Å². The minimum absolute atomic E-state index is 0.0335. The van der Waals surface area contributed by atoms with Crippen molar-refractivity contribution in [2.24, 2.45) is 0 Å². The molecule has 1 atom stereocenters. The third kappa shape index (κ3) is 3.03. The summed E-state index contributed by atoms with van der Waals surface area (Å²) >= 11 is 0. The summed E-state index contributed by atoms with van der Waals surface area (Å²) in [7, 11) is 1.80. The molecule has 1 amide bonds. The lowest BCUT2D eigenvalue weighted by Gasteiger charge is -2.26. The van der Waals surface area contributed by atoms with Crippen LogP contribution in [0, 0.1) is 6.92 Å². The molecule has 0 unspecified atom stereocenters. The standard InChI is InChI=1S/C11H19N5O/c1-8-13-10(15-14-8)7-16(2)11(17)9-5-3-4-6-12-9/h9,12H,3-7H2,1-2H3,(H,13,14,15)/t9-/m0/s1. The molecule has 0 aromatic carbocycles. The Kier molecular flexibility index (Phi) is 3.73. The minimum Gasteiger partial charge on any atom is -0.337 e. The molecule has 1 aromatic heterocycles. The number of nitrogens with one attached hydrogen (secondary N) is 2. The maximum atomic E-state index is 12.1. The van der Waals surface area contributed by atoms with E-state index in [0.29, 0.717) is 12.4 Å². The Labute approximate surface area is 101 Å². The van der Waals surface area contributed by atoms with Gasteiger partial charge >= 0.3 is 0 Å². The van der Waals surface area contributed by atoms with E-state index in [1.54, 1.807) is 11.9 Å². The predicted octanol–water partition coefficient (Wildman–Crippen LogP) is 0.214. The number of rotatable bonds is 3. The number of nitrogens with zero attached hydrogens (tertiary/aromatic N) is 3. The fourth-order valence-corrected chi connectivity index (χ4v) is 2.08. The molecule has 1 fully saturated rings. The van der Waals surface area contributed by atoms with Crippen LogP contribution in [0.15, 0.2) is 0 Å². The summed E-state index contributed by atoms with van der Waals surface area (Å²) in [5.74, 6) is 1.57. The van der Waals surface area contributed by atoms with Crippen LogP contribution >= 0.6 is 0 Å². The van der Waals surface area contributed by atoms with Crippen LogP contribution in [0.5, 0.6) is 0 Å². The van der Waals surface area contributed by atoms with Crippen molar-refractivity contribution in [1.82, 2.24) is 25.4 Å². The maximum absolute atomic E-state index is 12.1. The van der Waals surface area contributed by atoms with E-state index in [4.69, 9.17) is 0 Å². The number of carbonyl (C=O) groups is 1. The summed E-state index contributed by atoms with van der Waals surface area (Å²) in [4.78, 5) is 18.0. The highest BCUT2D eigenvalue weighted by molar-refractivity contribution is 5.81. The van der Waals surface area contributed by atoms with Crippen LogP contribution in [0.4, 0.5) is 0 Å². The molecule has 1 saturated heterocycles. The average Bonchev–Trinajstić information content (AvgIpc) is 2.75. The molecule has 2 N–H and O–H groups in total. The molecule has 2 heterocycles. The van der Waals surface area contributed by atoms with Crippen molar-refractivity contribution in [2.45, 2.75) is 38.8 Å². The van der Waals surface area contributed by atoms with Crippen LogP contribution in [-0.2, 0) is 11.3 Å². The number of hydrogen-bond donors (Lipinski definition) is 2. The number of hydrogen-bond acceptors (Lipinski definition) is 4. The Hall–Kier alpha value is -1.43. The molecule has 0 saturated carbocycles. The molecule has 0 aliphatic carbocycles. The molecule has 17 heavy (non-hydrogen) atoms. The zero-order chi connectivity index (χ0) is 12.3. The molecule has 1 aliphatic heterocycles. The number of H-pyrrole nitrogens is 1. The Morgan fingerprint density at radius 3 is 2.94 bits per heavy atom. The highest BCUT2D eigenvalue weighted by Gasteiger charge is 2.24. The second-order valence-corrected chi connectivity index (χ2v) is 4.53. The Morgan fingerprint density at radius 2 is 2.35 bits per heavy atom. The first-order valence-electron chi connectivity index (χ1n) is 6.03. The van der Waals surface area contributed by atoms with E-state index in [0.717, 1.165) is 31.6 Å². The number of piperidine rings is 1. The molecule has 6 heteroatoms. The first-order valence-corrected chi connectivity index (χ1v) is 6.03. The second-order valence-electron chi connectivity index (χ2n) is 4.53. The van der Waals surface area contributed by atoms with Crippen LogP contribution in [-0.4, -0.2) is 45.6 Å². The fourth-order valence-electron chi connectivity index (χ4n) is 2.08. The van der Waals surface area contributed by atoms with Crippen LogP contribution < -0.4 is 5.32 Å². The SMILES string of the molecule is Cc1nc(CN(C)C(=O)[C@@H]2CCCCN2)n[nH]1. The lowest BCUT2D eigenvalue weighted by molar-refractivity contribution is -0.133. The van der Waals surface area contributed by atoms with E-state index in [9.17, 15) is 4.79 Å². The smallest absolute Gasteiger partial charge is 0.239 e. The van der Waals surface area contributed by atoms with Crippen molar-refractivity contribution in [2.75, 3.05) is 13.6 Å². The topological polar surface area (TPSA) is 73.9 Å². The van der Waals surface area contributed by atoms with Gasteiger partial charge in [0.15, 0.2) is 5.82 Å². The molecule has 0 radical (unpaired) electrons. The number of aromatic amines is 1. The van der Waals surface area contributed by atoms with Crippen LogP contribution in [0.2, 0.25) is 0 Å². The van der Waals surface area contributed by atoms with Crippen molar-refractivity contribution in [3.05, 3.63) is 11.6 Å². The highest BCUT2D eigenvalue weighted by Crippen LogP contribution is 2.10.